The van der Waals surface area contributed by atoms with Crippen molar-refractivity contribution in [3.05, 3.63) is 47.3 Å². The Balaban J connectivity index is 2.08. The molecule has 140 valence electrons. The normalized spacial score (nSPS) is 15.1. The van der Waals surface area contributed by atoms with Crippen LogP contribution >= 0.6 is 0 Å². The van der Waals surface area contributed by atoms with E-state index < -0.39 is 16.2 Å². The van der Waals surface area contributed by atoms with Crippen molar-refractivity contribution in [2.75, 3.05) is 27.2 Å². The van der Waals surface area contributed by atoms with Crippen LogP contribution in [0.3, 0.4) is 0 Å². The van der Waals surface area contributed by atoms with Crippen LogP contribution in [0.1, 0.15) is 28.7 Å². The van der Waals surface area contributed by atoms with Crippen LogP contribution in [0.5, 0.6) is 0 Å². The first-order chi connectivity index (χ1) is 12.4. The van der Waals surface area contributed by atoms with Crippen LogP contribution in [0.4, 0.5) is 0 Å². The first-order valence-electron chi connectivity index (χ1n) is 8.37. The van der Waals surface area contributed by atoms with Gasteiger partial charge in [0.15, 0.2) is 5.69 Å². The zero-order valence-electron chi connectivity index (χ0n) is 15.0. The highest BCUT2D eigenvalue weighted by Crippen LogP contribution is 2.27. The molecule has 0 saturated heterocycles. The summed E-state index contributed by atoms with van der Waals surface area (Å²) in [5, 5.41) is 4.45. The van der Waals surface area contributed by atoms with Gasteiger partial charge in [0, 0.05) is 39.2 Å². The molecule has 26 heavy (non-hydrogen) atoms. The second-order valence-corrected chi connectivity index (χ2v) is 8.26. The predicted octanol–water partition coefficient (Wildman–Crippen LogP) is 1.21. The number of ether oxygens (including phenoxy) is 1. The largest absolute Gasteiger partial charge is 0.461 e. The Morgan fingerprint density at radius 3 is 2.58 bits per heavy atom. The van der Waals surface area contributed by atoms with Crippen LogP contribution < -0.4 is 0 Å². The quantitative estimate of drug-likeness (QED) is 0.730. The lowest BCUT2D eigenvalue weighted by Gasteiger charge is -2.29. The molecule has 2 aromatic rings. The predicted molar refractivity (Wildman–Crippen MR) is 96.2 cm³/mol. The third kappa shape index (κ3) is 3.25. The van der Waals surface area contributed by atoms with Gasteiger partial charge in [0.25, 0.3) is 10.2 Å². The van der Waals surface area contributed by atoms with E-state index in [1.807, 2.05) is 30.3 Å². The van der Waals surface area contributed by atoms with E-state index in [1.54, 1.807) is 11.6 Å². The SMILES string of the molecule is CCOC(=O)c1nn(-c2ccccc2)c2c1CN(S(=O)(=O)N(C)C)CC2. The van der Waals surface area contributed by atoms with Gasteiger partial charge in [-0.15, -0.1) is 0 Å². The molecular formula is C17H22N4O4S. The van der Waals surface area contributed by atoms with Gasteiger partial charge < -0.3 is 4.74 Å². The highest BCUT2D eigenvalue weighted by Gasteiger charge is 2.34. The maximum Gasteiger partial charge on any atom is 0.359 e. The fourth-order valence-corrected chi connectivity index (χ4v) is 4.04. The molecule has 0 saturated carbocycles. The Kier molecular flexibility index (Phi) is 5.12. The zero-order valence-corrected chi connectivity index (χ0v) is 15.9. The lowest BCUT2D eigenvalue weighted by atomic mass is 10.1. The summed E-state index contributed by atoms with van der Waals surface area (Å²) in [6.07, 6.45) is 0.462. The monoisotopic (exact) mass is 378 g/mol. The van der Waals surface area contributed by atoms with E-state index in [0.717, 1.165) is 11.4 Å². The van der Waals surface area contributed by atoms with Crippen LogP contribution in [0.25, 0.3) is 5.69 Å². The highest BCUT2D eigenvalue weighted by atomic mass is 32.2. The third-order valence-electron chi connectivity index (χ3n) is 4.28. The number of para-hydroxylation sites is 1. The number of rotatable bonds is 5. The van der Waals surface area contributed by atoms with Gasteiger partial charge in [-0.3, -0.25) is 0 Å². The topological polar surface area (TPSA) is 84.7 Å². The molecule has 8 nitrogen and oxygen atoms in total. The third-order valence-corrected chi connectivity index (χ3v) is 6.17. The summed E-state index contributed by atoms with van der Waals surface area (Å²) in [5.41, 5.74) is 2.43. The molecule has 1 aliphatic heterocycles. The van der Waals surface area contributed by atoms with Crippen LogP contribution in [0.2, 0.25) is 0 Å². The molecule has 1 aromatic carbocycles. The van der Waals surface area contributed by atoms with Gasteiger partial charge in [0.1, 0.15) is 0 Å². The Morgan fingerprint density at radius 1 is 1.27 bits per heavy atom. The van der Waals surface area contributed by atoms with Gasteiger partial charge in [-0.1, -0.05) is 18.2 Å². The minimum absolute atomic E-state index is 0.0941. The number of aromatic nitrogens is 2. The molecule has 1 aromatic heterocycles. The molecule has 0 atom stereocenters. The molecule has 0 radical (unpaired) electrons. The second kappa shape index (κ2) is 7.18. The summed E-state index contributed by atoms with van der Waals surface area (Å²) in [6, 6.07) is 9.46. The van der Waals surface area contributed by atoms with E-state index in [1.165, 1.54) is 22.7 Å². The van der Waals surface area contributed by atoms with Crippen molar-refractivity contribution < 1.29 is 17.9 Å². The first-order valence-corrected chi connectivity index (χ1v) is 9.76. The van der Waals surface area contributed by atoms with Crippen molar-refractivity contribution in [1.29, 1.82) is 0 Å². The van der Waals surface area contributed by atoms with Crippen LogP contribution in [0.15, 0.2) is 30.3 Å². The van der Waals surface area contributed by atoms with Crippen LogP contribution in [-0.2, 0) is 27.9 Å². The average Bonchev–Trinajstić information content (AvgIpc) is 3.01. The Hall–Kier alpha value is -2.23. The molecule has 0 amide bonds. The summed E-state index contributed by atoms with van der Waals surface area (Å²) in [7, 11) is -0.594. The van der Waals surface area contributed by atoms with E-state index in [9.17, 15) is 13.2 Å². The van der Waals surface area contributed by atoms with E-state index >= 15 is 0 Å². The standard InChI is InChI=1S/C17H22N4O4S/c1-4-25-17(22)16-14-12-20(26(23,24)19(2)3)11-10-15(14)21(18-16)13-8-6-5-7-9-13/h5-9H,4,10-12H2,1-3H3. The van der Waals surface area contributed by atoms with Crippen molar-refractivity contribution in [2.24, 2.45) is 0 Å². The minimum atomic E-state index is -3.58. The van der Waals surface area contributed by atoms with Crippen molar-refractivity contribution in [1.82, 2.24) is 18.4 Å². The van der Waals surface area contributed by atoms with Gasteiger partial charge in [-0.05, 0) is 19.1 Å². The number of carbonyl (C=O) groups excluding carboxylic acids is 1. The van der Waals surface area contributed by atoms with Gasteiger partial charge in [0.2, 0.25) is 0 Å². The summed E-state index contributed by atoms with van der Waals surface area (Å²) in [6.45, 7) is 2.37. The second-order valence-electron chi connectivity index (χ2n) is 6.12. The molecule has 2 heterocycles. The van der Waals surface area contributed by atoms with Gasteiger partial charge in [-0.25, -0.2) is 9.48 Å². The van der Waals surface area contributed by atoms with Gasteiger partial charge in [-0.2, -0.15) is 22.1 Å². The summed E-state index contributed by atoms with van der Waals surface area (Å²) in [5.74, 6) is -0.539. The molecule has 0 fully saturated rings. The maximum atomic E-state index is 12.5. The average molecular weight is 378 g/mol. The fraction of sp³-hybridized carbons (Fsp3) is 0.412. The zero-order chi connectivity index (χ0) is 18.9. The Bertz CT molecular complexity index is 906. The van der Waals surface area contributed by atoms with Gasteiger partial charge in [0.05, 0.1) is 18.0 Å². The summed E-state index contributed by atoms with van der Waals surface area (Å²) in [4.78, 5) is 12.4. The number of carbonyl (C=O) groups is 1. The molecule has 0 N–H and O–H groups in total. The smallest absolute Gasteiger partial charge is 0.359 e. The molecule has 0 spiro atoms. The number of benzene rings is 1. The number of nitrogens with zero attached hydrogens (tertiary/aromatic N) is 4. The number of hydrogen-bond acceptors (Lipinski definition) is 5. The highest BCUT2D eigenvalue weighted by molar-refractivity contribution is 7.86. The molecule has 0 aliphatic carbocycles. The van der Waals surface area contributed by atoms with Crippen LogP contribution in [0, 0.1) is 0 Å². The molecule has 0 unspecified atom stereocenters. The molecule has 1 aliphatic rings. The Labute approximate surface area is 153 Å². The van der Waals surface area contributed by atoms with Crippen molar-refractivity contribution >= 4 is 16.2 Å². The lowest BCUT2D eigenvalue weighted by Crippen LogP contribution is -2.43. The number of hydrogen-bond donors (Lipinski definition) is 0. The van der Waals surface area contributed by atoms with E-state index in [2.05, 4.69) is 5.10 Å². The lowest BCUT2D eigenvalue weighted by molar-refractivity contribution is 0.0516. The van der Waals surface area contributed by atoms with Crippen LogP contribution in [-0.4, -0.2) is 60.0 Å². The fourth-order valence-electron chi connectivity index (χ4n) is 2.97. The van der Waals surface area contributed by atoms with Gasteiger partial charge >= 0.3 is 5.97 Å². The Morgan fingerprint density at radius 2 is 1.96 bits per heavy atom. The van der Waals surface area contributed by atoms with E-state index in [4.69, 9.17) is 4.74 Å². The summed E-state index contributed by atoms with van der Waals surface area (Å²) >= 11 is 0. The van der Waals surface area contributed by atoms with E-state index in [-0.39, 0.29) is 18.8 Å². The minimum Gasteiger partial charge on any atom is -0.461 e. The molecular weight excluding hydrogens is 356 g/mol. The van der Waals surface area contributed by atoms with Crippen molar-refractivity contribution in [2.45, 2.75) is 19.9 Å². The molecule has 0 bridgehead atoms. The maximum absolute atomic E-state index is 12.5. The van der Waals surface area contributed by atoms with Crippen molar-refractivity contribution in [3.8, 4) is 5.69 Å². The summed E-state index contributed by atoms with van der Waals surface area (Å²) < 4.78 is 34.3. The van der Waals surface area contributed by atoms with Crippen molar-refractivity contribution in [3.63, 3.8) is 0 Å². The number of esters is 1. The van der Waals surface area contributed by atoms with E-state index in [0.29, 0.717) is 18.5 Å². The molecule has 9 heteroatoms. The molecule has 3 rings (SSSR count). The number of fused-ring (bicyclic) bond motifs is 1. The first kappa shape index (κ1) is 18.6.